The monoisotopic (exact) mass is 577 g/mol. The van der Waals surface area contributed by atoms with Crippen LogP contribution in [-0.2, 0) is 14.9 Å². The quantitative estimate of drug-likeness (QED) is 0.204. The molecule has 39 heavy (non-hydrogen) atoms. The van der Waals surface area contributed by atoms with Crippen LogP contribution in [0.3, 0.4) is 0 Å². The molecule has 1 amide bonds. The van der Waals surface area contributed by atoms with Gasteiger partial charge in [0.2, 0.25) is 0 Å². The molecule has 0 aliphatic heterocycles. The molecule has 5 rings (SSSR count). The maximum atomic E-state index is 12.5. The topological polar surface area (TPSA) is 75.6 Å². The Morgan fingerprint density at radius 2 is 1.51 bits per heavy atom. The predicted octanol–water partition coefficient (Wildman–Crippen LogP) is 8.94. The lowest BCUT2D eigenvalue weighted by atomic mass is 9.93. The molecule has 0 bridgehead atoms. The number of ether oxygens (including phenoxy) is 1. The van der Waals surface area contributed by atoms with Crippen LogP contribution in [0.25, 0.3) is 22.3 Å². The van der Waals surface area contributed by atoms with Crippen molar-refractivity contribution < 1.29 is 19.4 Å². The molecule has 1 fully saturated rings. The summed E-state index contributed by atoms with van der Waals surface area (Å²) in [6.45, 7) is 1.77. The SMILES string of the molecule is C[C@@H](OC(=O)NSc1cc(Cl)ccc1-c1ccc(-c2ccc(C3(C(=O)O)CC3)cc2)cc1)c1ccccc1Cl. The van der Waals surface area contributed by atoms with Gasteiger partial charge in [0.25, 0.3) is 0 Å². The van der Waals surface area contributed by atoms with Gasteiger partial charge in [0.15, 0.2) is 0 Å². The maximum Gasteiger partial charge on any atom is 0.418 e. The Morgan fingerprint density at radius 3 is 2.13 bits per heavy atom. The smallest absolute Gasteiger partial charge is 0.418 e. The number of aliphatic carboxylic acids is 1. The number of hydrogen-bond donors (Lipinski definition) is 2. The third-order valence-corrected chi connectivity index (χ3v) is 8.35. The molecule has 1 aliphatic carbocycles. The predicted molar refractivity (Wildman–Crippen MR) is 156 cm³/mol. The molecule has 1 aliphatic rings. The van der Waals surface area contributed by atoms with Crippen molar-refractivity contribution in [2.45, 2.75) is 36.2 Å². The minimum absolute atomic E-state index is 0.515. The largest absolute Gasteiger partial charge is 0.481 e. The van der Waals surface area contributed by atoms with Crippen molar-refractivity contribution in [3.8, 4) is 22.3 Å². The van der Waals surface area contributed by atoms with Gasteiger partial charge in [0.1, 0.15) is 6.10 Å². The van der Waals surface area contributed by atoms with Gasteiger partial charge in [-0.3, -0.25) is 9.52 Å². The van der Waals surface area contributed by atoms with E-state index in [2.05, 4.69) is 4.72 Å². The number of amides is 1. The van der Waals surface area contributed by atoms with Crippen molar-refractivity contribution in [1.29, 1.82) is 0 Å². The Balaban J connectivity index is 1.28. The van der Waals surface area contributed by atoms with Crippen LogP contribution in [0, 0.1) is 0 Å². The van der Waals surface area contributed by atoms with E-state index in [1.165, 1.54) is 0 Å². The van der Waals surface area contributed by atoms with Gasteiger partial charge in [-0.25, -0.2) is 4.79 Å². The Kier molecular flexibility index (Phi) is 7.89. The average Bonchev–Trinajstić information content (AvgIpc) is 3.75. The number of hydrogen-bond acceptors (Lipinski definition) is 4. The second-order valence-corrected chi connectivity index (χ2v) is 11.1. The first kappa shape index (κ1) is 27.1. The van der Waals surface area contributed by atoms with Gasteiger partial charge in [-0.15, -0.1) is 0 Å². The lowest BCUT2D eigenvalue weighted by Gasteiger charge is -2.16. The lowest BCUT2D eigenvalue weighted by Crippen LogP contribution is -2.19. The third-order valence-electron chi connectivity index (χ3n) is 6.94. The van der Waals surface area contributed by atoms with E-state index in [0.29, 0.717) is 22.9 Å². The van der Waals surface area contributed by atoms with Gasteiger partial charge in [-0.1, -0.05) is 96.0 Å². The van der Waals surface area contributed by atoms with Crippen molar-refractivity contribution in [2.75, 3.05) is 0 Å². The molecule has 1 saturated carbocycles. The van der Waals surface area contributed by atoms with Gasteiger partial charge >= 0.3 is 12.1 Å². The zero-order chi connectivity index (χ0) is 27.6. The van der Waals surface area contributed by atoms with E-state index in [1.807, 2.05) is 78.9 Å². The molecule has 1 atom stereocenters. The normalized spacial score (nSPS) is 14.3. The summed E-state index contributed by atoms with van der Waals surface area (Å²) in [5, 5.41) is 10.6. The molecule has 4 aromatic carbocycles. The highest BCUT2D eigenvalue weighted by Crippen LogP contribution is 2.48. The Morgan fingerprint density at radius 1 is 0.897 bits per heavy atom. The summed E-state index contributed by atoms with van der Waals surface area (Å²) in [5.74, 6) is -0.755. The van der Waals surface area contributed by atoms with Crippen LogP contribution in [0.15, 0.2) is 95.9 Å². The number of rotatable bonds is 8. The number of carboxylic acid groups (broad SMARTS) is 1. The molecule has 4 aromatic rings. The minimum Gasteiger partial charge on any atom is -0.481 e. The van der Waals surface area contributed by atoms with Crippen LogP contribution in [0.4, 0.5) is 4.79 Å². The number of carbonyl (C=O) groups excluding carboxylic acids is 1. The summed E-state index contributed by atoms with van der Waals surface area (Å²) in [6, 6.07) is 28.6. The number of carbonyl (C=O) groups is 2. The highest BCUT2D eigenvalue weighted by molar-refractivity contribution is 7.98. The van der Waals surface area contributed by atoms with E-state index in [0.717, 1.165) is 50.2 Å². The molecule has 0 unspecified atom stereocenters. The van der Waals surface area contributed by atoms with Crippen LogP contribution in [-0.4, -0.2) is 17.2 Å². The van der Waals surface area contributed by atoms with E-state index in [-0.39, 0.29) is 0 Å². The van der Waals surface area contributed by atoms with Crippen LogP contribution < -0.4 is 4.72 Å². The third kappa shape index (κ3) is 5.93. The highest BCUT2D eigenvalue weighted by atomic mass is 35.5. The lowest BCUT2D eigenvalue weighted by molar-refractivity contribution is -0.140. The first-order chi connectivity index (χ1) is 18.8. The van der Waals surface area contributed by atoms with E-state index in [1.54, 1.807) is 19.1 Å². The standard InChI is InChI=1S/C31H25Cl2NO4S/c1-19(25-4-2-3-5-27(25)33)38-30(37)34-39-28-18-24(32)14-15-26(28)22-8-6-20(7-9-22)21-10-12-23(13-11-21)31(16-17-31)29(35)36/h2-15,18-19H,16-17H2,1H3,(H,34,37)(H,35,36)/t19-/m1/s1. The van der Waals surface area contributed by atoms with Crippen molar-refractivity contribution in [3.63, 3.8) is 0 Å². The molecule has 5 nitrogen and oxygen atoms in total. The molecule has 0 heterocycles. The molecule has 8 heteroatoms. The molecule has 198 valence electrons. The highest BCUT2D eigenvalue weighted by Gasteiger charge is 2.51. The summed E-state index contributed by atoms with van der Waals surface area (Å²) in [5.41, 5.74) is 4.76. The molecule has 0 radical (unpaired) electrons. The van der Waals surface area contributed by atoms with Gasteiger partial charge in [-0.05, 0) is 77.7 Å². The van der Waals surface area contributed by atoms with Crippen LogP contribution in [0.2, 0.25) is 10.0 Å². The summed E-state index contributed by atoms with van der Waals surface area (Å²) in [6.07, 6.45) is 0.266. The van der Waals surface area contributed by atoms with E-state index < -0.39 is 23.6 Å². The summed E-state index contributed by atoms with van der Waals surface area (Å²) in [7, 11) is 0. The molecular formula is C31H25Cl2NO4S. The van der Waals surface area contributed by atoms with Gasteiger partial charge in [-0.2, -0.15) is 0 Å². The molecule has 2 N–H and O–H groups in total. The zero-order valence-corrected chi connectivity index (χ0v) is 23.3. The summed E-state index contributed by atoms with van der Waals surface area (Å²) >= 11 is 13.6. The fraction of sp³-hybridized carbons (Fsp3) is 0.161. The van der Waals surface area contributed by atoms with E-state index in [4.69, 9.17) is 27.9 Å². The van der Waals surface area contributed by atoms with Gasteiger partial charge in [0.05, 0.1) is 5.41 Å². The van der Waals surface area contributed by atoms with Gasteiger partial charge < -0.3 is 9.84 Å². The minimum atomic E-state index is -0.755. The Bertz CT molecular complexity index is 1520. The van der Waals surface area contributed by atoms with E-state index in [9.17, 15) is 14.7 Å². The maximum absolute atomic E-state index is 12.5. The first-order valence-corrected chi connectivity index (χ1v) is 14.0. The fourth-order valence-electron chi connectivity index (χ4n) is 4.54. The van der Waals surface area contributed by atoms with Crippen LogP contribution in [0.5, 0.6) is 0 Å². The van der Waals surface area contributed by atoms with Crippen molar-refractivity contribution in [2.24, 2.45) is 0 Å². The number of nitrogens with one attached hydrogen (secondary N) is 1. The van der Waals surface area contributed by atoms with Crippen molar-refractivity contribution in [3.05, 3.63) is 112 Å². The number of halogens is 2. The van der Waals surface area contributed by atoms with Crippen LogP contribution in [0.1, 0.15) is 37.0 Å². The molecule has 0 spiro atoms. The van der Waals surface area contributed by atoms with Crippen molar-refractivity contribution in [1.82, 2.24) is 4.72 Å². The zero-order valence-electron chi connectivity index (χ0n) is 21.0. The van der Waals surface area contributed by atoms with Crippen molar-refractivity contribution >= 4 is 47.2 Å². The molecular weight excluding hydrogens is 553 g/mol. The average molecular weight is 579 g/mol. The second-order valence-electron chi connectivity index (χ2n) is 9.46. The Labute approximate surface area is 241 Å². The van der Waals surface area contributed by atoms with Crippen LogP contribution >= 0.6 is 35.1 Å². The second kappa shape index (κ2) is 11.3. The first-order valence-electron chi connectivity index (χ1n) is 12.4. The number of benzene rings is 4. The molecule has 0 saturated heterocycles. The summed E-state index contributed by atoms with van der Waals surface area (Å²) < 4.78 is 8.24. The Hall–Kier alpha value is -3.45. The number of carboxylic acids is 1. The fourth-order valence-corrected chi connectivity index (χ4v) is 5.79. The summed E-state index contributed by atoms with van der Waals surface area (Å²) in [4.78, 5) is 24.9. The van der Waals surface area contributed by atoms with Gasteiger partial charge in [0, 0.05) is 20.5 Å². The molecule has 0 aromatic heterocycles. The van der Waals surface area contributed by atoms with E-state index >= 15 is 0 Å².